The Morgan fingerprint density at radius 1 is 0.375 bits per heavy atom. The van der Waals surface area contributed by atoms with Gasteiger partial charge in [0.25, 0.3) is 0 Å². The van der Waals surface area contributed by atoms with Crippen molar-refractivity contribution in [2.75, 3.05) is 36.0 Å². The molecule has 2 heteroatoms. The summed E-state index contributed by atoms with van der Waals surface area (Å²) in [7, 11) is 0. The average molecular weight is 725 g/mol. The molecule has 2 fully saturated rings. The predicted molar refractivity (Wildman–Crippen MR) is 242 cm³/mol. The lowest BCUT2D eigenvalue weighted by molar-refractivity contribution is 0.578. The Kier molecular flexibility index (Phi) is 9.33. The fourth-order valence-electron chi connectivity index (χ4n) is 9.35. The van der Waals surface area contributed by atoms with Crippen molar-refractivity contribution in [1.29, 1.82) is 0 Å². The van der Waals surface area contributed by atoms with Crippen molar-refractivity contribution in [2.24, 2.45) is 0 Å². The number of rotatable bonds is 7. The lowest BCUT2D eigenvalue weighted by Crippen LogP contribution is -2.29. The second-order valence-electron chi connectivity index (χ2n) is 15.8. The summed E-state index contributed by atoms with van der Waals surface area (Å²) in [5.41, 5.74) is 12.7. The highest BCUT2D eigenvalue weighted by molar-refractivity contribution is 6.22. The summed E-state index contributed by atoms with van der Waals surface area (Å²) >= 11 is 0. The van der Waals surface area contributed by atoms with Crippen LogP contribution in [0.2, 0.25) is 0 Å². The van der Waals surface area contributed by atoms with E-state index in [1.165, 1.54) is 127 Å². The topological polar surface area (TPSA) is 6.48 Å². The van der Waals surface area contributed by atoms with Crippen LogP contribution in [0.15, 0.2) is 164 Å². The van der Waals surface area contributed by atoms with E-state index in [1.807, 2.05) is 0 Å². The molecular formula is C54H48N2. The van der Waals surface area contributed by atoms with E-state index in [1.54, 1.807) is 0 Å². The highest BCUT2D eigenvalue weighted by Gasteiger charge is 2.21. The molecule has 0 aromatic heterocycles. The molecule has 0 aliphatic carbocycles. The summed E-state index contributed by atoms with van der Waals surface area (Å²) < 4.78 is 0. The zero-order chi connectivity index (χ0) is 37.3. The van der Waals surface area contributed by atoms with E-state index >= 15 is 0 Å². The Balaban J connectivity index is 1.20. The molecule has 0 radical (unpaired) electrons. The minimum Gasteiger partial charge on any atom is -0.372 e. The summed E-state index contributed by atoms with van der Waals surface area (Å²) in [6, 6.07) is 61.4. The molecule has 0 saturated carbocycles. The van der Waals surface area contributed by atoms with E-state index in [2.05, 4.69) is 180 Å². The quantitative estimate of drug-likeness (QED) is 0.119. The Morgan fingerprint density at radius 3 is 1.41 bits per heavy atom. The van der Waals surface area contributed by atoms with Crippen molar-refractivity contribution in [3.05, 3.63) is 180 Å². The van der Waals surface area contributed by atoms with Crippen molar-refractivity contribution in [2.45, 2.75) is 38.5 Å². The molecule has 0 spiro atoms. The van der Waals surface area contributed by atoms with Gasteiger partial charge in [0, 0.05) is 37.6 Å². The molecule has 0 amide bonds. The standard InChI is InChI=1S/C54H48N2/c1-5-16-41(17-6-1)50(42-18-7-2-8-19-42)35-39-21-23-43(24-22-39)53-48-29-27-47(56-33-13-4-14-34-56)38-52(48)54(45-26-25-40-15-9-10-20-44(40)36-45)49-30-28-46(37-51(49)53)55-31-11-3-12-32-55/h1-2,5-10,15-30,35-38H,3-4,11-14,31-34H2. The Morgan fingerprint density at radius 2 is 0.857 bits per heavy atom. The first-order valence-electron chi connectivity index (χ1n) is 20.7. The van der Waals surface area contributed by atoms with Crippen LogP contribution in [0.1, 0.15) is 55.2 Å². The van der Waals surface area contributed by atoms with Crippen molar-refractivity contribution in [1.82, 2.24) is 0 Å². The van der Waals surface area contributed by atoms with Crippen molar-refractivity contribution >= 4 is 55.3 Å². The number of fused-ring (bicyclic) bond motifs is 3. The van der Waals surface area contributed by atoms with Crippen LogP contribution in [0.5, 0.6) is 0 Å². The van der Waals surface area contributed by atoms with Gasteiger partial charge in [-0.2, -0.15) is 0 Å². The average Bonchev–Trinajstić information content (AvgIpc) is 3.28. The van der Waals surface area contributed by atoms with Gasteiger partial charge < -0.3 is 9.80 Å². The fraction of sp³-hybridized carbons (Fsp3) is 0.185. The molecular weight excluding hydrogens is 677 g/mol. The molecule has 274 valence electrons. The van der Waals surface area contributed by atoms with Crippen LogP contribution in [0.4, 0.5) is 11.4 Å². The predicted octanol–water partition coefficient (Wildman–Crippen LogP) is 14.0. The number of anilines is 2. The highest BCUT2D eigenvalue weighted by Crippen LogP contribution is 2.46. The van der Waals surface area contributed by atoms with Crippen LogP contribution >= 0.6 is 0 Å². The van der Waals surface area contributed by atoms with E-state index in [0.717, 1.165) is 26.2 Å². The van der Waals surface area contributed by atoms with Crippen molar-refractivity contribution in [3.63, 3.8) is 0 Å². The van der Waals surface area contributed by atoms with Crippen LogP contribution in [0.25, 0.3) is 66.2 Å². The number of benzene rings is 8. The Hall–Kier alpha value is -6.12. The van der Waals surface area contributed by atoms with Crippen LogP contribution in [-0.2, 0) is 0 Å². The molecule has 2 heterocycles. The second-order valence-corrected chi connectivity index (χ2v) is 15.8. The molecule has 0 unspecified atom stereocenters. The van der Waals surface area contributed by atoms with Gasteiger partial charge in [0.1, 0.15) is 0 Å². The van der Waals surface area contributed by atoms with Crippen LogP contribution in [0.3, 0.4) is 0 Å². The summed E-state index contributed by atoms with van der Waals surface area (Å²) in [5, 5.41) is 7.85. The molecule has 2 nitrogen and oxygen atoms in total. The molecule has 8 aromatic rings. The molecule has 0 bridgehead atoms. The van der Waals surface area contributed by atoms with E-state index in [4.69, 9.17) is 0 Å². The number of piperidine rings is 2. The maximum Gasteiger partial charge on any atom is 0.0372 e. The van der Waals surface area contributed by atoms with Crippen LogP contribution in [0, 0.1) is 0 Å². The number of hydrogen-bond donors (Lipinski definition) is 0. The van der Waals surface area contributed by atoms with Gasteiger partial charge >= 0.3 is 0 Å². The van der Waals surface area contributed by atoms with Crippen molar-refractivity contribution in [3.8, 4) is 22.3 Å². The number of nitrogens with zero attached hydrogens (tertiary/aromatic N) is 2. The van der Waals surface area contributed by atoms with Gasteiger partial charge in [-0.1, -0.05) is 133 Å². The molecule has 56 heavy (non-hydrogen) atoms. The summed E-state index contributed by atoms with van der Waals surface area (Å²) in [6.07, 6.45) is 10.0. The molecule has 0 atom stereocenters. The molecule has 8 aromatic carbocycles. The van der Waals surface area contributed by atoms with Gasteiger partial charge in [0.05, 0.1) is 0 Å². The minimum absolute atomic E-state index is 1.12. The zero-order valence-electron chi connectivity index (χ0n) is 32.1. The zero-order valence-corrected chi connectivity index (χ0v) is 32.1. The Labute approximate surface area is 331 Å². The first-order valence-corrected chi connectivity index (χ1v) is 20.7. The third-order valence-corrected chi connectivity index (χ3v) is 12.2. The van der Waals surface area contributed by atoms with E-state index in [-0.39, 0.29) is 0 Å². The van der Waals surface area contributed by atoms with E-state index in [9.17, 15) is 0 Å². The SMILES string of the molecule is C(=C(c1ccccc1)c1ccccc1)c1ccc(-c2c3ccc(N4CCCCC4)cc3c(-c3ccc4ccccc4c3)c3ccc(N4CCCCC4)cc23)cc1. The maximum absolute atomic E-state index is 2.61. The molecule has 2 saturated heterocycles. The summed E-state index contributed by atoms with van der Waals surface area (Å²) in [4.78, 5) is 5.21. The second kappa shape index (κ2) is 15.2. The highest BCUT2D eigenvalue weighted by atomic mass is 15.1. The summed E-state index contributed by atoms with van der Waals surface area (Å²) in [6.45, 7) is 4.49. The van der Waals surface area contributed by atoms with Gasteiger partial charge in [-0.15, -0.1) is 0 Å². The molecule has 0 N–H and O–H groups in total. The smallest absolute Gasteiger partial charge is 0.0372 e. The van der Waals surface area contributed by atoms with Gasteiger partial charge in [-0.25, -0.2) is 0 Å². The summed E-state index contributed by atoms with van der Waals surface area (Å²) in [5.74, 6) is 0. The van der Waals surface area contributed by atoms with E-state index in [0.29, 0.717) is 0 Å². The minimum atomic E-state index is 1.12. The van der Waals surface area contributed by atoms with Gasteiger partial charge in [0.2, 0.25) is 0 Å². The maximum atomic E-state index is 2.61. The first kappa shape index (κ1) is 34.4. The first-order chi connectivity index (χ1) is 27.8. The molecule has 2 aliphatic heterocycles. The lowest BCUT2D eigenvalue weighted by atomic mass is 9.84. The van der Waals surface area contributed by atoms with Crippen LogP contribution in [-0.4, -0.2) is 26.2 Å². The number of hydrogen-bond acceptors (Lipinski definition) is 2. The molecule has 2 aliphatic rings. The monoisotopic (exact) mass is 724 g/mol. The van der Waals surface area contributed by atoms with Gasteiger partial charge in [0.15, 0.2) is 0 Å². The Bertz CT molecular complexity index is 2640. The molecule has 10 rings (SSSR count). The van der Waals surface area contributed by atoms with Crippen LogP contribution < -0.4 is 9.80 Å². The lowest BCUT2D eigenvalue weighted by Gasteiger charge is -2.30. The third kappa shape index (κ3) is 6.64. The largest absolute Gasteiger partial charge is 0.372 e. The van der Waals surface area contributed by atoms with Crippen molar-refractivity contribution < 1.29 is 0 Å². The van der Waals surface area contributed by atoms with Gasteiger partial charge in [-0.05, 0) is 152 Å². The normalized spacial score (nSPS) is 14.7. The fourth-order valence-corrected chi connectivity index (χ4v) is 9.35. The van der Waals surface area contributed by atoms with E-state index < -0.39 is 0 Å². The third-order valence-electron chi connectivity index (χ3n) is 12.2. The van der Waals surface area contributed by atoms with Gasteiger partial charge in [-0.3, -0.25) is 0 Å².